The molecule has 0 saturated heterocycles. The fraction of sp³-hybridized carbons (Fsp3) is 1.00. The minimum absolute atomic E-state index is 0.399. The standard InChI is InChI=1S/C6H15NO3/c1-9-6(8,10-2)4-3-5-7/h8H,3-5,7H2,1-2H3. The quantitative estimate of drug-likeness (QED) is 0.525. The molecular formula is C6H15NO3. The van der Waals surface area contributed by atoms with E-state index in [1.165, 1.54) is 14.2 Å². The second-order valence-corrected chi connectivity index (χ2v) is 2.01. The Morgan fingerprint density at radius 3 is 2.20 bits per heavy atom. The van der Waals surface area contributed by atoms with Gasteiger partial charge < -0.3 is 20.3 Å². The van der Waals surface area contributed by atoms with Gasteiger partial charge in [-0.3, -0.25) is 0 Å². The average Bonchev–Trinajstić information content (AvgIpc) is 2.00. The molecule has 0 unspecified atom stereocenters. The molecule has 0 spiro atoms. The Kier molecular flexibility index (Phi) is 4.55. The van der Waals surface area contributed by atoms with Gasteiger partial charge in [0.05, 0.1) is 0 Å². The van der Waals surface area contributed by atoms with Crippen molar-refractivity contribution in [3.63, 3.8) is 0 Å². The van der Waals surface area contributed by atoms with Crippen molar-refractivity contribution in [3.8, 4) is 0 Å². The Morgan fingerprint density at radius 1 is 1.40 bits per heavy atom. The molecule has 0 heterocycles. The summed E-state index contributed by atoms with van der Waals surface area (Å²) >= 11 is 0. The van der Waals surface area contributed by atoms with Crippen molar-refractivity contribution in [1.29, 1.82) is 0 Å². The van der Waals surface area contributed by atoms with E-state index in [1.807, 2.05) is 0 Å². The summed E-state index contributed by atoms with van der Waals surface area (Å²) < 4.78 is 9.33. The number of hydrogen-bond acceptors (Lipinski definition) is 4. The highest BCUT2D eigenvalue weighted by Gasteiger charge is 2.24. The Morgan fingerprint density at radius 2 is 1.90 bits per heavy atom. The van der Waals surface area contributed by atoms with Crippen LogP contribution in [0.1, 0.15) is 12.8 Å². The third kappa shape index (κ3) is 3.12. The normalized spacial score (nSPS) is 12.0. The molecule has 0 aliphatic carbocycles. The van der Waals surface area contributed by atoms with Crippen LogP contribution >= 0.6 is 0 Å². The average molecular weight is 149 g/mol. The second kappa shape index (κ2) is 4.62. The summed E-state index contributed by atoms with van der Waals surface area (Å²) in [6, 6.07) is 0. The van der Waals surface area contributed by atoms with Gasteiger partial charge in [0.25, 0.3) is 5.97 Å². The first kappa shape index (κ1) is 9.84. The van der Waals surface area contributed by atoms with E-state index in [0.29, 0.717) is 19.4 Å². The predicted octanol–water partition coefficient (Wildman–Crippen LogP) is -0.336. The molecule has 0 bridgehead atoms. The van der Waals surface area contributed by atoms with Gasteiger partial charge in [-0.05, 0) is 13.0 Å². The maximum atomic E-state index is 9.26. The minimum Gasteiger partial charge on any atom is -0.343 e. The van der Waals surface area contributed by atoms with Gasteiger partial charge in [-0.15, -0.1) is 0 Å². The molecule has 0 rings (SSSR count). The number of hydrogen-bond donors (Lipinski definition) is 2. The van der Waals surface area contributed by atoms with Gasteiger partial charge in [0.2, 0.25) is 0 Å². The largest absolute Gasteiger partial charge is 0.343 e. The molecule has 0 aromatic rings. The first-order chi connectivity index (χ1) is 4.68. The summed E-state index contributed by atoms with van der Waals surface area (Å²) in [6.07, 6.45) is 1.08. The van der Waals surface area contributed by atoms with E-state index < -0.39 is 5.97 Å². The van der Waals surface area contributed by atoms with Crippen LogP contribution in [0.4, 0.5) is 0 Å². The van der Waals surface area contributed by atoms with Gasteiger partial charge in [-0.2, -0.15) is 0 Å². The lowest BCUT2D eigenvalue weighted by atomic mass is 10.3. The summed E-state index contributed by atoms with van der Waals surface area (Å²) in [5.74, 6) is -1.45. The van der Waals surface area contributed by atoms with E-state index in [2.05, 4.69) is 9.47 Å². The minimum atomic E-state index is -1.45. The maximum absolute atomic E-state index is 9.26. The predicted molar refractivity (Wildman–Crippen MR) is 37.3 cm³/mol. The molecule has 0 aliphatic rings. The van der Waals surface area contributed by atoms with Gasteiger partial charge in [0.1, 0.15) is 0 Å². The van der Waals surface area contributed by atoms with Crippen molar-refractivity contribution in [2.45, 2.75) is 18.8 Å². The third-order valence-electron chi connectivity index (χ3n) is 1.33. The van der Waals surface area contributed by atoms with Crippen LogP contribution in [0, 0.1) is 0 Å². The van der Waals surface area contributed by atoms with Crippen molar-refractivity contribution < 1.29 is 14.6 Å². The van der Waals surface area contributed by atoms with E-state index >= 15 is 0 Å². The van der Waals surface area contributed by atoms with Crippen LogP contribution < -0.4 is 5.73 Å². The highest BCUT2D eigenvalue weighted by molar-refractivity contribution is 4.52. The monoisotopic (exact) mass is 149 g/mol. The Hall–Kier alpha value is -0.160. The van der Waals surface area contributed by atoms with Crippen molar-refractivity contribution in [2.24, 2.45) is 5.73 Å². The van der Waals surface area contributed by atoms with Crippen LogP contribution in [0.25, 0.3) is 0 Å². The fourth-order valence-electron chi connectivity index (χ4n) is 0.613. The van der Waals surface area contributed by atoms with Crippen LogP contribution in [0.3, 0.4) is 0 Å². The van der Waals surface area contributed by atoms with Gasteiger partial charge in [0.15, 0.2) is 0 Å². The van der Waals surface area contributed by atoms with E-state index in [9.17, 15) is 5.11 Å². The van der Waals surface area contributed by atoms with E-state index in [4.69, 9.17) is 5.73 Å². The fourth-order valence-corrected chi connectivity index (χ4v) is 0.613. The lowest BCUT2D eigenvalue weighted by Crippen LogP contribution is -2.33. The zero-order chi connectivity index (χ0) is 8.04. The van der Waals surface area contributed by atoms with Crippen molar-refractivity contribution in [1.82, 2.24) is 0 Å². The maximum Gasteiger partial charge on any atom is 0.279 e. The zero-order valence-corrected chi connectivity index (χ0v) is 6.46. The first-order valence-electron chi connectivity index (χ1n) is 3.21. The van der Waals surface area contributed by atoms with Crippen LogP contribution in [-0.4, -0.2) is 31.8 Å². The molecule has 3 N–H and O–H groups in total. The van der Waals surface area contributed by atoms with Crippen molar-refractivity contribution in [3.05, 3.63) is 0 Å². The number of methoxy groups -OCH3 is 2. The summed E-state index contributed by atoms with van der Waals surface area (Å²) in [5, 5.41) is 9.26. The number of nitrogens with two attached hydrogens (primary N) is 1. The van der Waals surface area contributed by atoms with Crippen LogP contribution in [0.2, 0.25) is 0 Å². The molecule has 62 valence electrons. The van der Waals surface area contributed by atoms with Crippen LogP contribution in [0.15, 0.2) is 0 Å². The Balaban J connectivity index is 3.58. The molecule has 10 heavy (non-hydrogen) atoms. The summed E-state index contributed by atoms with van der Waals surface area (Å²) in [6.45, 7) is 0.523. The van der Waals surface area contributed by atoms with Gasteiger partial charge >= 0.3 is 0 Å². The van der Waals surface area contributed by atoms with E-state index in [0.717, 1.165) is 0 Å². The highest BCUT2D eigenvalue weighted by Crippen LogP contribution is 2.12. The molecule has 4 nitrogen and oxygen atoms in total. The third-order valence-corrected chi connectivity index (χ3v) is 1.33. The molecule has 0 saturated carbocycles. The Bertz CT molecular complexity index is 83.1. The van der Waals surface area contributed by atoms with E-state index in [-0.39, 0.29) is 0 Å². The number of rotatable bonds is 5. The second-order valence-electron chi connectivity index (χ2n) is 2.01. The highest BCUT2D eigenvalue weighted by atomic mass is 16.8. The molecule has 4 heteroatoms. The molecular weight excluding hydrogens is 134 g/mol. The van der Waals surface area contributed by atoms with E-state index in [1.54, 1.807) is 0 Å². The van der Waals surface area contributed by atoms with Crippen molar-refractivity contribution >= 4 is 0 Å². The summed E-state index contributed by atoms with van der Waals surface area (Å²) in [7, 11) is 2.78. The summed E-state index contributed by atoms with van der Waals surface area (Å²) in [5.41, 5.74) is 5.22. The number of ether oxygens (including phenoxy) is 2. The van der Waals surface area contributed by atoms with Crippen LogP contribution in [-0.2, 0) is 9.47 Å². The van der Waals surface area contributed by atoms with Gasteiger partial charge in [0, 0.05) is 20.6 Å². The van der Waals surface area contributed by atoms with Crippen LogP contribution in [0.5, 0.6) is 0 Å². The van der Waals surface area contributed by atoms with Gasteiger partial charge in [-0.25, -0.2) is 0 Å². The topological polar surface area (TPSA) is 64.7 Å². The zero-order valence-electron chi connectivity index (χ0n) is 6.46. The number of aliphatic hydroxyl groups is 1. The first-order valence-corrected chi connectivity index (χ1v) is 3.21. The Labute approximate surface area is 60.9 Å². The lowest BCUT2D eigenvalue weighted by Gasteiger charge is -2.23. The van der Waals surface area contributed by atoms with Gasteiger partial charge in [-0.1, -0.05) is 0 Å². The SMILES string of the molecule is COC(O)(CCCN)OC. The molecule has 0 aromatic carbocycles. The lowest BCUT2D eigenvalue weighted by molar-refractivity contribution is -0.342. The molecule has 0 radical (unpaired) electrons. The molecule has 0 fully saturated rings. The molecule has 0 aromatic heterocycles. The molecule has 0 aliphatic heterocycles. The smallest absolute Gasteiger partial charge is 0.279 e. The molecule has 0 amide bonds. The summed E-state index contributed by atoms with van der Waals surface area (Å²) in [4.78, 5) is 0. The molecule has 0 atom stereocenters. The van der Waals surface area contributed by atoms with Crippen molar-refractivity contribution in [2.75, 3.05) is 20.8 Å².